The van der Waals surface area contributed by atoms with Gasteiger partial charge >= 0.3 is 6.09 Å². The average molecular weight is 351 g/mol. The zero-order valence-corrected chi connectivity index (χ0v) is 13.8. The van der Waals surface area contributed by atoms with Gasteiger partial charge in [-0.1, -0.05) is 11.6 Å². The van der Waals surface area contributed by atoms with Gasteiger partial charge in [0, 0.05) is 11.6 Å². The summed E-state index contributed by atoms with van der Waals surface area (Å²) in [7, 11) is 3.03. The monoisotopic (exact) mass is 350 g/mol. The molecule has 1 aromatic heterocycles. The SMILES string of the molecule is COc1cc(Cl)c(-c2nc(N)nc3c2CN(C(=O)O)C3)c(OC)c1. The fraction of sp³-hybridized carbons (Fsp3) is 0.267. The van der Waals surface area contributed by atoms with Crippen LogP contribution >= 0.6 is 11.6 Å². The van der Waals surface area contributed by atoms with Crippen LogP contribution in [0.25, 0.3) is 11.3 Å². The van der Waals surface area contributed by atoms with E-state index in [2.05, 4.69) is 9.97 Å². The smallest absolute Gasteiger partial charge is 0.407 e. The fourth-order valence-corrected chi connectivity index (χ4v) is 2.97. The summed E-state index contributed by atoms with van der Waals surface area (Å²) in [6.45, 7) is 0.312. The molecule has 3 rings (SSSR count). The highest BCUT2D eigenvalue weighted by molar-refractivity contribution is 6.33. The molecule has 1 aliphatic rings. The Balaban J connectivity index is 2.21. The molecule has 0 aliphatic carbocycles. The molecule has 0 unspecified atom stereocenters. The first kappa shape index (κ1) is 16.1. The van der Waals surface area contributed by atoms with Crippen LogP contribution in [0.4, 0.5) is 10.7 Å². The molecule has 2 heterocycles. The van der Waals surface area contributed by atoms with E-state index in [-0.39, 0.29) is 19.0 Å². The van der Waals surface area contributed by atoms with Crippen LogP contribution in [0.15, 0.2) is 12.1 Å². The molecule has 0 saturated heterocycles. The normalized spacial score (nSPS) is 12.9. The van der Waals surface area contributed by atoms with Crippen molar-refractivity contribution in [3.8, 4) is 22.8 Å². The molecular weight excluding hydrogens is 336 g/mol. The van der Waals surface area contributed by atoms with Gasteiger partial charge in [-0.15, -0.1) is 0 Å². The van der Waals surface area contributed by atoms with Crippen molar-refractivity contribution in [2.24, 2.45) is 0 Å². The number of nitrogens with two attached hydrogens (primary N) is 1. The first-order chi connectivity index (χ1) is 11.4. The summed E-state index contributed by atoms with van der Waals surface area (Å²) in [4.78, 5) is 20.9. The van der Waals surface area contributed by atoms with Gasteiger partial charge in [-0.05, 0) is 6.07 Å². The summed E-state index contributed by atoms with van der Waals surface area (Å²) in [6.07, 6.45) is -1.04. The lowest BCUT2D eigenvalue weighted by atomic mass is 10.0. The Morgan fingerprint density at radius 3 is 2.67 bits per heavy atom. The van der Waals surface area contributed by atoms with Gasteiger partial charge in [0.1, 0.15) is 11.5 Å². The highest BCUT2D eigenvalue weighted by Gasteiger charge is 2.30. The number of halogens is 1. The van der Waals surface area contributed by atoms with Gasteiger partial charge in [-0.25, -0.2) is 14.8 Å². The van der Waals surface area contributed by atoms with E-state index in [4.69, 9.17) is 26.8 Å². The van der Waals surface area contributed by atoms with E-state index in [9.17, 15) is 9.90 Å². The molecule has 1 amide bonds. The lowest BCUT2D eigenvalue weighted by Gasteiger charge is -2.15. The fourth-order valence-electron chi connectivity index (χ4n) is 2.68. The number of fused-ring (bicyclic) bond motifs is 1. The Morgan fingerprint density at radius 2 is 2.04 bits per heavy atom. The molecule has 3 N–H and O–H groups in total. The summed E-state index contributed by atoms with van der Waals surface area (Å²) < 4.78 is 10.6. The molecule has 0 spiro atoms. The van der Waals surface area contributed by atoms with E-state index in [1.165, 1.54) is 19.1 Å². The number of aromatic nitrogens is 2. The maximum Gasteiger partial charge on any atom is 0.407 e. The number of hydrogen-bond donors (Lipinski definition) is 2. The maximum atomic E-state index is 11.3. The predicted molar refractivity (Wildman–Crippen MR) is 87.3 cm³/mol. The topological polar surface area (TPSA) is 111 Å². The molecule has 2 aromatic rings. The van der Waals surface area contributed by atoms with Gasteiger partial charge < -0.3 is 20.3 Å². The number of benzene rings is 1. The van der Waals surface area contributed by atoms with E-state index in [1.54, 1.807) is 12.1 Å². The Bertz CT molecular complexity index is 828. The third-order valence-electron chi connectivity index (χ3n) is 3.79. The first-order valence-electron chi connectivity index (χ1n) is 6.99. The van der Waals surface area contributed by atoms with Crippen molar-refractivity contribution in [3.63, 3.8) is 0 Å². The number of nitrogen functional groups attached to an aromatic ring is 1. The van der Waals surface area contributed by atoms with E-state index in [0.29, 0.717) is 39.0 Å². The van der Waals surface area contributed by atoms with Gasteiger partial charge in [0.2, 0.25) is 5.95 Å². The van der Waals surface area contributed by atoms with Crippen LogP contribution in [0.1, 0.15) is 11.3 Å². The number of rotatable bonds is 3. The second-order valence-corrected chi connectivity index (χ2v) is 5.59. The molecule has 0 saturated carbocycles. The summed E-state index contributed by atoms with van der Waals surface area (Å²) in [5.74, 6) is 1.03. The molecule has 0 radical (unpaired) electrons. The van der Waals surface area contributed by atoms with Crippen LogP contribution in [0.2, 0.25) is 5.02 Å². The van der Waals surface area contributed by atoms with E-state index >= 15 is 0 Å². The molecule has 126 valence electrons. The number of nitrogens with zero attached hydrogens (tertiary/aromatic N) is 3. The Labute approximate surface area is 142 Å². The quantitative estimate of drug-likeness (QED) is 0.874. The summed E-state index contributed by atoms with van der Waals surface area (Å²) in [5.41, 5.74) is 8.01. The van der Waals surface area contributed by atoms with E-state index in [0.717, 1.165) is 0 Å². The molecule has 8 nitrogen and oxygen atoms in total. The minimum absolute atomic E-state index is 0.0462. The van der Waals surface area contributed by atoms with Gasteiger partial charge in [-0.3, -0.25) is 4.90 Å². The molecule has 0 fully saturated rings. The third kappa shape index (κ3) is 2.65. The van der Waals surface area contributed by atoms with Crippen LogP contribution < -0.4 is 15.2 Å². The number of anilines is 1. The molecule has 24 heavy (non-hydrogen) atoms. The summed E-state index contributed by atoms with van der Waals surface area (Å²) >= 11 is 6.39. The molecule has 1 aromatic carbocycles. The van der Waals surface area contributed by atoms with Crippen molar-refractivity contribution in [1.29, 1.82) is 0 Å². The Morgan fingerprint density at radius 1 is 1.29 bits per heavy atom. The maximum absolute atomic E-state index is 11.3. The van der Waals surface area contributed by atoms with Crippen LogP contribution in [0, 0.1) is 0 Å². The number of ether oxygens (including phenoxy) is 2. The second kappa shape index (κ2) is 6.04. The van der Waals surface area contributed by atoms with Crippen molar-refractivity contribution >= 4 is 23.6 Å². The minimum atomic E-state index is -1.04. The van der Waals surface area contributed by atoms with Gasteiger partial charge in [0.25, 0.3) is 0 Å². The summed E-state index contributed by atoms with van der Waals surface area (Å²) in [6, 6.07) is 3.31. The minimum Gasteiger partial charge on any atom is -0.497 e. The van der Waals surface area contributed by atoms with Crippen LogP contribution in [-0.4, -0.2) is 40.3 Å². The lowest BCUT2D eigenvalue weighted by Crippen LogP contribution is -2.22. The highest BCUT2D eigenvalue weighted by Crippen LogP contribution is 2.42. The number of methoxy groups -OCH3 is 2. The first-order valence-corrected chi connectivity index (χ1v) is 7.37. The van der Waals surface area contributed by atoms with E-state index < -0.39 is 6.09 Å². The van der Waals surface area contributed by atoms with Crippen LogP contribution in [0.5, 0.6) is 11.5 Å². The van der Waals surface area contributed by atoms with Crippen molar-refractivity contribution in [2.45, 2.75) is 13.1 Å². The van der Waals surface area contributed by atoms with Crippen molar-refractivity contribution in [2.75, 3.05) is 20.0 Å². The van der Waals surface area contributed by atoms with E-state index in [1.807, 2.05) is 0 Å². The van der Waals surface area contributed by atoms with Crippen molar-refractivity contribution in [1.82, 2.24) is 14.9 Å². The Kier molecular flexibility index (Phi) is 4.06. The number of amides is 1. The van der Waals surface area contributed by atoms with Gasteiger partial charge in [0.15, 0.2) is 0 Å². The van der Waals surface area contributed by atoms with Crippen molar-refractivity contribution in [3.05, 3.63) is 28.4 Å². The zero-order valence-electron chi connectivity index (χ0n) is 13.0. The molecule has 0 bridgehead atoms. The molecular formula is C15H15ClN4O4. The van der Waals surface area contributed by atoms with Crippen molar-refractivity contribution < 1.29 is 19.4 Å². The molecule has 1 aliphatic heterocycles. The third-order valence-corrected chi connectivity index (χ3v) is 4.09. The zero-order chi connectivity index (χ0) is 17.4. The number of carboxylic acid groups (broad SMARTS) is 1. The number of carbonyl (C=O) groups is 1. The lowest BCUT2D eigenvalue weighted by molar-refractivity contribution is 0.145. The highest BCUT2D eigenvalue weighted by atomic mass is 35.5. The number of hydrogen-bond acceptors (Lipinski definition) is 6. The average Bonchev–Trinajstić information content (AvgIpc) is 2.97. The molecule has 9 heteroatoms. The van der Waals surface area contributed by atoms with Gasteiger partial charge in [-0.2, -0.15) is 0 Å². The van der Waals surface area contributed by atoms with Crippen LogP contribution in [0.3, 0.4) is 0 Å². The molecule has 0 atom stereocenters. The Hall–Kier alpha value is -2.74. The standard InChI is InChI=1S/C15H15ClN4O4/c1-23-7-3-9(16)12(11(4-7)24-2)13-8-5-20(15(21)22)6-10(8)18-14(17)19-13/h3-4H,5-6H2,1-2H3,(H,21,22)(H2,17,18,19). The largest absolute Gasteiger partial charge is 0.497 e. The second-order valence-electron chi connectivity index (χ2n) is 5.18. The predicted octanol–water partition coefficient (Wildman–Crippen LogP) is 2.39. The summed E-state index contributed by atoms with van der Waals surface area (Å²) in [5, 5.41) is 9.58. The van der Waals surface area contributed by atoms with Gasteiger partial charge in [0.05, 0.1) is 49.3 Å². The van der Waals surface area contributed by atoms with Crippen LogP contribution in [-0.2, 0) is 13.1 Å².